The SMILES string of the molecule is Cn1ccc(-c2ccc3c(C#N)cnn3c2)n1. The Morgan fingerprint density at radius 3 is 2.88 bits per heavy atom. The lowest BCUT2D eigenvalue weighted by Crippen LogP contribution is -1.91. The molecule has 0 aliphatic carbocycles. The summed E-state index contributed by atoms with van der Waals surface area (Å²) in [6, 6.07) is 7.88. The number of aromatic nitrogens is 4. The molecular formula is C12H9N5. The van der Waals surface area contributed by atoms with Crippen molar-refractivity contribution in [2.24, 2.45) is 7.05 Å². The lowest BCUT2D eigenvalue weighted by molar-refractivity contribution is 0.770. The Kier molecular flexibility index (Phi) is 1.95. The fourth-order valence-corrected chi connectivity index (χ4v) is 1.79. The van der Waals surface area contributed by atoms with Crippen LogP contribution in [-0.4, -0.2) is 19.4 Å². The van der Waals surface area contributed by atoms with Gasteiger partial charge in [-0.15, -0.1) is 0 Å². The van der Waals surface area contributed by atoms with E-state index in [2.05, 4.69) is 16.3 Å². The van der Waals surface area contributed by atoms with Gasteiger partial charge in [0.1, 0.15) is 6.07 Å². The van der Waals surface area contributed by atoms with Crippen LogP contribution in [0.15, 0.2) is 36.8 Å². The molecule has 0 unspecified atom stereocenters. The molecule has 5 heteroatoms. The lowest BCUT2D eigenvalue weighted by Gasteiger charge is -1.98. The molecule has 0 fully saturated rings. The second-order valence-corrected chi connectivity index (χ2v) is 3.79. The minimum absolute atomic E-state index is 0.581. The highest BCUT2D eigenvalue weighted by molar-refractivity contribution is 5.66. The Labute approximate surface area is 97.5 Å². The first-order chi connectivity index (χ1) is 8.28. The minimum atomic E-state index is 0.581. The van der Waals surface area contributed by atoms with Gasteiger partial charge in [0.2, 0.25) is 0 Å². The van der Waals surface area contributed by atoms with E-state index in [0.29, 0.717) is 5.56 Å². The summed E-state index contributed by atoms with van der Waals surface area (Å²) in [5.74, 6) is 0. The zero-order valence-electron chi connectivity index (χ0n) is 9.20. The number of nitriles is 1. The van der Waals surface area contributed by atoms with E-state index in [1.807, 2.05) is 37.6 Å². The summed E-state index contributed by atoms with van der Waals surface area (Å²) in [5.41, 5.74) is 3.26. The largest absolute Gasteiger partial charge is 0.275 e. The van der Waals surface area contributed by atoms with Gasteiger partial charge in [0.25, 0.3) is 0 Å². The molecule has 3 rings (SSSR count). The lowest BCUT2D eigenvalue weighted by atomic mass is 10.2. The van der Waals surface area contributed by atoms with Gasteiger partial charge in [-0.25, -0.2) is 4.52 Å². The standard InChI is InChI=1S/C12H9N5/c1-16-5-4-11(15-16)9-2-3-12-10(6-13)7-14-17(12)8-9/h2-5,7-8H,1H3. The molecular weight excluding hydrogens is 214 g/mol. The minimum Gasteiger partial charge on any atom is -0.275 e. The van der Waals surface area contributed by atoms with E-state index in [1.54, 1.807) is 15.4 Å². The van der Waals surface area contributed by atoms with Crippen molar-refractivity contribution in [3.63, 3.8) is 0 Å². The molecule has 3 aromatic rings. The number of nitrogens with zero attached hydrogens (tertiary/aromatic N) is 5. The van der Waals surface area contributed by atoms with E-state index in [4.69, 9.17) is 5.26 Å². The van der Waals surface area contributed by atoms with E-state index in [0.717, 1.165) is 16.8 Å². The van der Waals surface area contributed by atoms with Crippen LogP contribution in [-0.2, 0) is 7.05 Å². The fraction of sp³-hybridized carbons (Fsp3) is 0.0833. The predicted molar refractivity (Wildman–Crippen MR) is 62.1 cm³/mol. The molecule has 3 aromatic heterocycles. The molecule has 17 heavy (non-hydrogen) atoms. The zero-order chi connectivity index (χ0) is 11.8. The highest BCUT2D eigenvalue weighted by Gasteiger charge is 2.06. The Morgan fingerprint density at radius 2 is 2.18 bits per heavy atom. The Balaban J connectivity index is 2.18. The Bertz CT molecular complexity index is 729. The van der Waals surface area contributed by atoms with Gasteiger partial charge >= 0.3 is 0 Å². The van der Waals surface area contributed by atoms with Crippen LogP contribution < -0.4 is 0 Å². The smallest absolute Gasteiger partial charge is 0.103 e. The van der Waals surface area contributed by atoms with E-state index >= 15 is 0 Å². The van der Waals surface area contributed by atoms with Gasteiger partial charge in [0, 0.05) is 25.0 Å². The van der Waals surface area contributed by atoms with Crippen molar-refractivity contribution < 1.29 is 0 Å². The van der Waals surface area contributed by atoms with Crippen molar-refractivity contribution in [1.82, 2.24) is 19.4 Å². The molecule has 5 nitrogen and oxygen atoms in total. The summed E-state index contributed by atoms with van der Waals surface area (Å²) in [6.07, 6.45) is 5.33. The first-order valence-corrected chi connectivity index (χ1v) is 5.15. The highest BCUT2D eigenvalue weighted by atomic mass is 15.3. The summed E-state index contributed by atoms with van der Waals surface area (Å²) < 4.78 is 3.45. The van der Waals surface area contributed by atoms with Gasteiger partial charge in [0.15, 0.2) is 0 Å². The van der Waals surface area contributed by atoms with Crippen molar-refractivity contribution in [3.05, 3.63) is 42.4 Å². The topological polar surface area (TPSA) is 58.9 Å². The first-order valence-electron chi connectivity index (χ1n) is 5.15. The third-order valence-corrected chi connectivity index (χ3v) is 2.65. The highest BCUT2D eigenvalue weighted by Crippen LogP contribution is 2.19. The second-order valence-electron chi connectivity index (χ2n) is 3.79. The van der Waals surface area contributed by atoms with Gasteiger partial charge < -0.3 is 0 Å². The van der Waals surface area contributed by atoms with Crippen molar-refractivity contribution in [1.29, 1.82) is 5.26 Å². The maximum absolute atomic E-state index is 8.90. The number of hydrogen-bond acceptors (Lipinski definition) is 3. The third-order valence-electron chi connectivity index (χ3n) is 2.65. The molecule has 0 N–H and O–H groups in total. The molecule has 0 radical (unpaired) electrons. The van der Waals surface area contributed by atoms with Crippen LogP contribution in [0.25, 0.3) is 16.8 Å². The monoisotopic (exact) mass is 223 g/mol. The van der Waals surface area contributed by atoms with Crippen LogP contribution in [0.2, 0.25) is 0 Å². The summed E-state index contributed by atoms with van der Waals surface area (Å²) in [6.45, 7) is 0. The molecule has 0 atom stereocenters. The quantitative estimate of drug-likeness (QED) is 0.629. The van der Waals surface area contributed by atoms with E-state index in [1.165, 1.54) is 0 Å². The molecule has 82 valence electrons. The predicted octanol–water partition coefficient (Wildman–Crippen LogP) is 1.61. The van der Waals surface area contributed by atoms with Crippen molar-refractivity contribution in [2.45, 2.75) is 0 Å². The number of hydrogen-bond donors (Lipinski definition) is 0. The van der Waals surface area contributed by atoms with E-state index in [-0.39, 0.29) is 0 Å². The average Bonchev–Trinajstić information content (AvgIpc) is 2.94. The molecule has 0 saturated carbocycles. The third kappa shape index (κ3) is 1.47. The molecule has 0 spiro atoms. The summed E-state index contributed by atoms with van der Waals surface area (Å²) in [4.78, 5) is 0. The molecule has 0 amide bonds. The van der Waals surface area contributed by atoms with Crippen LogP contribution in [0.5, 0.6) is 0 Å². The van der Waals surface area contributed by atoms with Crippen LogP contribution in [0, 0.1) is 11.3 Å². The number of pyridine rings is 1. The zero-order valence-corrected chi connectivity index (χ0v) is 9.20. The maximum atomic E-state index is 8.90. The van der Waals surface area contributed by atoms with Gasteiger partial charge in [-0.05, 0) is 18.2 Å². The molecule has 0 aliphatic rings. The van der Waals surface area contributed by atoms with Crippen molar-refractivity contribution in [2.75, 3.05) is 0 Å². The normalized spacial score (nSPS) is 10.6. The van der Waals surface area contributed by atoms with Crippen molar-refractivity contribution >= 4 is 5.52 Å². The van der Waals surface area contributed by atoms with Crippen LogP contribution in [0.4, 0.5) is 0 Å². The Morgan fingerprint density at radius 1 is 1.29 bits per heavy atom. The number of fused-ring (bicyclic) bond motifs is 1. The molecule has 0 aromatic carbocycles. The van der Waals surface area contributed by atoms with Gasteiger partial charge in [-0.1, -0.05) is 0 Å². The van der Waals surface area contributed by atoms with E-state index in [9.17, 15) is 0 Å². The molecule has 0 aliphatic heterocycles. The summed E-state index contributed by atoms with van der Waals surface area (Å²) >= 11 is 0. The van der Waals surface area contributed by atoms with Crippen molar-refractivity contribution in [3.8, 4) is 17.3 Å². The van der Waals surface area contributed by atoms with E-state index < -0.39 is 0 Å². The molecule has 3 heterocycles. The molecule has 0 bridgehead atoms. The first kappa shape index (κ1) is 9.60. The van der Waals surface area contributed by atoms with Crippen LogP contribution in [0.1, 0.15) is 5.56 Å². The summed E-state index contributed by atoms with van der Waals surface area (Å²) in [5, 5.41) is 17.4. The van der Waals surface area contributed by atoms with Gasteiger partial charge in [0.05, 0.1) is 23.0 Å². The van der Waals surface area contributed by atoms with Gasteiger partial charge in [-0.3, -0.25) is 4.68 Å². The Hall–Kier alpha value is -2.61. The summed E-state index contributed by atoms with van der Waals surface area (Å²) in [7, 11) is 1.88. The average molecular weight is 223 g/mol. The molecule has 0 saturated heterocycles. The number of rotatable bonds is 1. The van der Waals surface area contributed by atoms with Gasteiger partial charge in [-0.2, -0.15) is 15.5 Å². The van der Waals surface area contributed by atoms with Crippen LogP contribution >= 0.6 is 0 Å². The maximum Gasteiger partial charge on any atom is 0.103 e. The fourth-order valence-electron chi connectivity index (χ4n) is 1.79. The van der Waals surface area contributed by atoms with Crippen LogP contribution in [0.3, 0.4) is 0 Å². The number of aryl methyl sites for hydroxylation is 1. The second kappa shape index (κ2) is 3.46.